The van der Waals surface area contributed by atoms with E-state index in [1.54, 1.807) is 29.2 Å². The summed E-state index contributed by atoms with van der Waals surface area (Å²) in [5.74, 6) is -1.38. The first-order valence-electron chi connectivity index (χ1n) is 8.81. The first-order valence-corrected chi connectivity index (χ1v) is 9.75. The number of fused-ring (bicyclic) bond motifs is 1. The number of amides is 1. The Labute approximate surface area is 169 Å². The number of rotatable bonds is 6. The first-order chi connectivity index (χ1) is 14.0. The number of furan rings is 1. The number of hydrogen-bond acceptors (Lipinski definition) is 6. The Bertz CT molecular complexity index is 1210. The molecule has 1 aromatic carbocycles. The second-order valence-electron chi connectivity index (χ2n) is 6.43. The average Bonchev–Trinajstić information content (AvgIpc) is 3.36. The number of nitrogens with one attached hydrogen (secondary N) is 1. The molecule has 3 heterocycles. The summed E-state index contributed by atoms with van der Waals surface area (Å²) < 4.78 is 5.59. The van der Waals surface area contributed by atoms with E-state index in [1.807, 2.05) is 24.3 Å². The molecule has 3 aromatic heterocycles. The zero-order chi connectivity index (χ0) is 20.4. The highest BCUT2D eigenvalue weighted by molar-refractivity contribution is 7.08. The molecule has 0 saturated carbocycles. The fourth-order valence-corrected chi connectivity index (χ4v) is 3.84. The number of thiophene rings is 1. The van der Waals surface area contributed by atoms with Crippen molar-refractivity contribution in [2.24, 2.45) is 5.73 Å². The smallest absolute Gasteiger partial charge is 0.307 e. The summed E-state index contributed by atoms with van der Waals surface area (Å²) in [5.41, 5.74) is 9.84. The van der Waals surface area contributed by atoms with E-state index >= 15 is 0 Å². The predicted molar refractivity (Wildman–Crippen MR) is 111 cm³/mol. The number of pyridine rings is 1. The molecule has 1 amide bonds. The predicted octanol–water partition coefficient (Wildman–Crippen LogP) is 3.89. The summed E-state index contributed by atoms with van der Waals surface area (Å²) in [6.45, 7) is 0.389. The first kappa shape index (κ1) is 18.9. The molecule has 4 aromatic rings. The van der Waals surface area contributed by atoms with Gasteiger partial charge >= 0.3 is 5.97 Å². The lowest BCUT2D eigenvalue weighted by Crippen LogP contribution is -2.15. The van der Waals surface area contributed by atoms with Gasteiger partial charge < -0.3 is 20.6 Å². The van der Waals surface area contributed by atoms with Gasteiger partial charge in [0.1, 0.15) is 11.4 Å². The van der Waals surface area contributed by atoms with Gasteiger partial charge in [-0.25, -0.2) is 4.98 Å². The number of carbonyl (C=O) groups is 2. The van der Waals surface area contributed by atoms with Gasteiger partial charge in [0.15, 0.2) is 5.58 Å². The highest BCUT2D eigenvalue weighted by Gasteiger charge is 2.18. The van der Waals surface area contributed by atoms with Crippen LogP contribution in [0.25, 0.3) is 22.2 Å². The molecule has 0 fully saturated rings. The molecule has 0 saturated heterocycles. The minimum absolute atomic E-state index is 0.162. The van der Waals surface area contributed by atoms with Gasteiger partial charge in [-0.05, 0) is 34.7 Å². The van der Waals surface area contributed by atoms with Gasteiger partial charge in [-0.1, -0.05) is 18.2 Å². The van der Waals surface area contributed by atoms with E-state index in [9.17, 15) is 9.59 Å². The summed E-state index contributed by atoms with van der Waals surface area (Å²) in [7, 11) is 0. The fourth-order valence-electron chi connectivity index (χ4n) is 3.05. The minimum atomic E-state index is -0.959. The van der Waals surface area contributed by atoms with Crippen LogP contribution in [0.3, 0.4) is 0 Å². The van der Waals surface area contributed by atoms with Crippen LogP contribution in [0, 0.1) is 0 Å². The molecule has 4 N–H and O–H groups in total. The second-order valence-corrected chi connectivity index (χ2v) is 7.18. The van der Waals surface area contributed by atoms with Gasteiger partial charge in [-0.2, -0.15) is 0 Å². The molecule has 8 heteroatoms. The highest BCUT2D eigenvalue weighted by Crippen LogP contribution is 2.30. The van der Waals surface area contributed by atoms with Crippen molar-refractivity contribution >= 4 is 39.9 Å². The Kier molecular flexibility index (Phi) is 5.11. The highest BCUT2D eigenvalue weighted by atomic mass is 32.1. The third-order valence-corrected chi connectivity index (χ3v) is 5.23. The topological polar surface area (TPSA) is 118 Å². The van der Waals surface area contributed by atoms with Gasteiger partial charge in [0.25, 0.3) is 5.91 Å². The van der Waals surface area contributed by atoms with Crippen LogP contribution < -0.4 is 11.1 Å². The number of carboxylic acids is 1. The number of aromatic nitrogens is 1. The number of nitrogens with two attached hydrogens (primary N) is 1. The van der Waals surface area contributed by atoms with E-state index in [1.165, 1.54) is 11.3 Å². The SMILES string of the molecule is NCc1cccc(-c2nc(C(=O)Nc3cscc3CC(=O)O)cc3ccoc23)c1. The third kappa shape index (κ3) is 3.89. The summed E-state index contributed by atoms with van der Waals surface area (Å²) >= 11 is 1.33. The van der Waals surface area contributed by atoms with Crippen molar-refractivity contribution in [1.29, 1.82) is 0 Å². The molecular weight excluding hydrogens is 390 g/mol. The molecule has 0 unspecified atom stereocenters. The maximum absolute atomic E-state index is 12.9. The molecule has 0 aliphatic carbocycles. The van der Waals surface area contributed by atoms with Crippen LogP contribution in [0.15, 0.2) is 57.8 Å². The lowest BCUT2D eigenvalue weighted by atomic mass is 10.1. The molecule has 29 heavy (non-hydrogen) atoms. The van der Waals surface area contributed by atoms with E-state index in [2.05, 4.69) is 10.3 Å². The number of benzene rings is 1. The van der Waals surface area contributed by atoms with E-state index in [4.69, 9.17) is 15.3 Å². The Morgan fingerprint density at radius 3 is 2.86 bits per heavy atom. The van der Waals surface area contributed by atoms with Gasteiger partial charge in [-0.3, -0.25) is 9.59 Å². The van der Waals surface area contributed by atoms with Crippen molar-refractivity contribution in [3.8, 4) is 11.3 Å². The average molecular weight is 407 g/mol. The third-order valence-electron chi connectivity index (χ3n) is 4.44. The van der Waals surface area contributed by atoms with E-state index < -0.39 is 11.9 Å². The minimum Gasteiger partial charge on any atom is -0.481 e. The molecule has 0 spiro atoms. The number of aliphatic carboxylic acids is 1. The van der Waals surface area contributed by atoms with Crippen LogP contribution in [-0.2, 0) is 17.8 Å². The molecule has 0 aliphatic heterocycles. The molecule has 0 radical (unpaired) electrons. The van der Waals surface area contributed by atoms with Gasteiger partial charge in [0.2, 0.25) is 0 Å². The van der Waals surface area contributed by atoms with Crippen molar-refractivity contribution in [3.05, 3.63) is 70.2 Å². The van der Waals surface area contributed by atoms with Crippen LogP contribution in [0.5, 0.6) is 0 Å². The molecule has 0 aliphatic rings. The fraction of sp³-hybridized carbons (Fsp3) is 0.0952. The summed E-state index contributed by atoms with van der Waals surface area (Å²) in [6, 6.07) is 11.0. The largest absolute Gasteiger partial charge is 0.481 e. The molecule has 4 rings (SSSR count). The van der Waals surface area contributed by atoms with Crippen LogP contribution in [0.1, 0.15) is 21.6 Å². The standard InChI is InChI=1S/C21H17N3O4S/c22-9-12-2-1-3-13(6-12)19-20-14(4-5-28-20)7-16(23-19)21(27)24-17-11-29-10-15(17)8-18(25)26/h1-7,10-11H,8-9,22H2,(H,24,27)(H,25,26). The molecule has 0 bridgehead atoms. The van der Waals surface area contributed by atoms with E-state index in [0.29, 0.717) is 29.1 Å². The number of carboxylic acid groups (broad SMARTS) is 1. The van der Waals surface area contributed by atoms with Crippen LogP contribution in [0.4, 0.5) is 5.69 Å². The number of carbonyl (C=O) groups excluding carboxylic acids is 1. The van der Waals surface area contributed by atoms with Crippen molar-refractivity contribution in [3.63, 3.8) is 0 Å². The zero-order valence-corrected chi connectivity index (χ0v) is 16.0. The van der Waals surface area contributed by atoms with E-state index in [-0.39, 0.29) is 12.1 Å². The lowest BCUT2D eigenvalue weighted by molar-refractivity contribution is -0.136. The van der Waals surface area contributed by atoms with Gasteiger partial charge in [-0.15, -0.1) is 11.3 Å². The lowest BCUT2D eigenvalue weighted by Gasteiger charge is -2.09. The van der Waals surface area contributed by atoms with Crippen molar-refractivity contribution in [1.82, 2.24) is 4.98 Å². The molecule has 7 nitrogen and oxygen atoms in total. The zero-order valence-electron chi connectivity index (χ0n) is 15.2. The van der Waals surface area contributed by atoms with Crippen molar-refractivity contribution in [2.45, 2.75) is 13.0 Å². The second kappa shape index (κ2) is 7.86. The maximum Gasteiger partial charge on any atom is 0.307 e. The normalized spacial score (nSPS) is 10.9. The van der Waals surface area contributed by atoms with Crippen LogP contribution >= 0.6 is 11.3 Å². The van der Waals surface area contributed by atoms with Gasteiger partial charge in [0.05, 0.1) is 18.4 Å². The Morgan fingerprint density at radius 1 is 1.21 bits per heavy atom. The molecule has 0 atom stereocenters. The number of nitrogens with zero attached hydrogens (tertiary/aromatic N) is 1. The van der Waals surface area contributed by atoms with Gasteiger partial charge in [0, 0.05) is 22.9 Å². The number of anilines is 1. The monoisotopic (exact) mass is 407 g/mol. The Hall–Kier alpha value is -3.49. The Morgan fingerprint density at radius 2 is 2.07 bits per heavy atom. The molecule has 146 valence electrons. The molecular formula is C21H17N3O4S. The summed E-state index contributed by atoms with van der Waals surface area (Å²) in [4.78, 5) is 28.4. The maximum atomic E-state index is 12.9. The Balaban J connectivity index is 1.72. The van der Waals surface area contributed by atoms with E-state index in [0.717, 1.165) is 16.5 Å². The van der Waals surface area contributed by atoms with Crippen LogP contribution in [-0.4, -0.2) is 22.0 Å². The van der Waals surface area contributed by atoms with Crippen molar-refractivity contribution in [2.75, 3.05) is 5.32 Å². The summed E-state index contributed by atoms with van der Waals surface area (Å²) in [5, 5.41) is 15.9. The van der Waals surface area contributed by atoms with Crippen molar-refractivity contribution < 1.29 is 19.1 Å². The summed E-state index contributed by atoms with van der Waals surface area (Å²) in [6.07, 6.45) is 1.39. The quantitative estimate of drug-likeness (QED) is 0.446. The number of hydrogen-bond donors (Lipinski definition) is 3. The van der Waals surface area contributed by atoms with Crippen LogP contribution in [0.2, 0.25) is 0 Å².